The maximum atomic E-state index is 13.0. The minimum Gasteiger partial charge on any atom is -0.287 e. The fourth-order valence-corrected chi connectivity index (χ4v) is 2.70. The maximum absolute atomic E-state index is 13.0. The second-order valence-corrected chi connectivity index (χ2v) is 4.63. The molecule has 0 bridgehead atoms. The molecule has 0 radical (unpaired) electrons. The van der Waals surface area contributed by atoms with Crippen LogP contribution in [-0.2, 0) is 0 Å². The van der Waals surface area contributed by atoms with Gasteiger partial charge in [0.05, 0.1) is 0 Å². The molecule has 1 aliphatic carbocycles. The van der Waals surface area contributed by atoms with Crippen LogP contribution in [0.1, 0.15) is 30.5 Å². The number of hydrogen-bond acceptors (Lipinski definition) is 3. The molecule has 0 N–H and O–H groups in total. The molecule has 0 spiro atoms. The molecule has 74 valence electrons. The number of carbonyl (C=O) groups excluding carboxylic acids is 2. The number of alkyl halides is 2. The number of carbonyl (C=O) groups is 2. The molecule has 0 saturated heterocycles. The summed E-state index contributed by atoms with van der Waals surface area (Å²) in [6.45, 7) is 3.14. The largest absolute Gasteiger partial charge is 0.371 e. The summed E-state index contributed by atoms with van der Waals surface area (Å²) >= 11 is 1.20. The highest BCUT2D eigenvalue weighted by atomic mass is 32.1. The van der Waals surface area contributed by atoms with Gasteiger partial charge in [0.15, 0.2) is 0 Å². The summed E-state index contributed by atoms with van der Waals surface area (Å²) in [5.74, 6) is -6.53. The highest BCUT2D eigenvalue weighted by Gasteiger charge is 2.57. The molecule has 0 unspecified atom stereocenters. The van der Waals surface area contributed by atoms with Crippen LogP contribution in [0.2, 0.25) is 0 Å². The highest BCUT2D eigenvalue weighted by molar-refractivity contribution is 7.12. The second kappa shape index (κ2) is 2.48. The third-order valence-corrected chi connectivity index (χ3v) is 3.31. The Hall–Kier alpha value is -1.10. The SMILES string of the molecule is Cc1sc(C)c2c1C(=O)C(F)(F)C2=O. The molecule has 1 aromatic rings. The van der Waals surface area contributed by atoms with E-state index < -0.39 is 17.5 Å². The standard InChI is InChI=1S/C9H6F2O2S/c1-3-5-6(4(2)14-3)8(13)9(10,11)7(5)12/h1-2H3. The van der Waals surface area contributed by atoms with E-state index in [4.69, 9.17) is 0 Å². The predicted molar refractivity (Wildman–Crippen MR) is 47.4 cm³/mol. The molecule has 1 aromatic heterocycles. The van der Waals surface area contributed by atoms with Gasteiger partial charge in [-0.25, -0.2) is 0 Å². The molecular weight excluding hydrogens is 210 g/mol. The van der Waals surface area contributed by atoms with Crippen molar-refractivity contribution in [3.63, 3.8) is 0 Å². The van der Waals surface area contributed by atoms with Gasteiger partial charge < -0.3 is 0 Å². The molecule has 1 heterocycles. The highest BCUT2D eigenvalue weighted by Crippen LogP contribution is 2.41. The van der Waals surface area contributed by atoms with E-state index in [0.29, 0.717) is 9.75 Å². The molecule has 0 atom stereocenters. The first-order chi connectivity index (χ1) is 6.37. The lowest BCUT2D eigenvalue weighted by Gasteiger charge is -2.03. The van der Waals surface area contributed by atoms with E-state index in [1.165, 1.54) is 11.3 Å². The van der Waals surface area contributed by atoms with Gasteiger partial charge in [-0.15, -0.1) is 11.3 Å². The van der Waals surface area contributed by atoms with E-state index >= 15 is 0 Å². The van der Waals surface area contributed by atoms with Gasteiger partial charge in [0, 0.05) is 20.9 Å². The number of hydrogen-bond donors (Lipinski definition) is 0. The van der Waals surface area contributed by atoms with Crippen molar-refractivity contribution in [2.75, 3.05) is 0 Å². The van der Waals surface area contributed by atoms with E-state index in [2.05, 4.69) is 0 Å². The minimum absolute atomic E-state index is 0.0810. The number of thiophene rings is 1. The van der Waals surface area contributed by atoms with Gasteiger partial charge in [0.2, 0.25) is 11.6 Å². The van der Waals surface area contributed by atoms with E-state index in [-0.39, 0.29) is 11.1 Å². The smallest absolute Gasteiger partial charge is 0.287 e. The summed E-state index contributed by atoms with van der Waals surface area (Å²) in [6, 6.07) is 0. The molecule has 0 aliphatic heterocycles. The van der Waals surface area contributed by atoms with Crippen molar-refractivity contribution in [3.8, 4) is 0 Å². The first kappa shape index (κ1) is 9.45. The Balaban J connectivity index is 2.78. The number of ketones is 2. The Morgan fingerprint density at radius 3 is 1.71 bits per heavy atom. The Bertz CT molecular complexity index is 421. The topological polar surface area (TPSA) is 34.1 Å². The van der Waals surface area contributed by atoms with Crippen molar-refractivity contribution < 1.29 is 18.4 Å². The lowest BCUT2D eigenvalue weighted by Crippen LogP contribution is -2.30. The summed E-state index contributed by atoms with van der Waals surface area (Å²) in [7, 11) is 0. The lowest BCUT2D eigenvalue weighted by molar-refractivity contribution is 0.0188. The number of halogens is 2. The summed E-state index contributed by atoms with van der Waals surface area (Å²) in [5, 5.41) is 0. The first-order valence-corrected chi connectivity index (χ1v) is 4.76. The van der Waals surface area contributed by atoms with E-state index in [1.807, 2.05) is 0 Å². The van der Waals surface area contributed by atoms with Crippen LogP contribution < -0.4 is 0 Å². The molecule has 5 heteroatoms. The van der Waals surface area contributed by atoms with E-state index in [0.717, 1.165) is 0 Å². The summed E-state index contributed by atoms with van der Waals surface area (Å²) in [4.78, 5) is 23.4. The molecule has 0 amide bonds. The predicted octanol–water partition coefficient (Wildman–Crippen LogP) is 2.38. The Labute approximate surface area is 82.5 Å². The number of aryl methyl sites for hydroxylation is 2. The van der Waals surface area contributed by atoms with Crippen molar-refractivity contribution in [1.82, 2.24) is 0 Å². The zero-order chi connectivity index (χ0) is 10.7. The molecule has 0 aromatic carbocycles. The maximum Gasteiger partial charge on any atom is 0.371 e. The molecule has 14 heavy (non-hydrogen) atoms. The third kappa shape index (κ3) is 0.877. The van der Waals surface area contributed by atoms with Crippen LogP contribution in [0, 0.1) is 13.8 Å². The molecule has 2 nitrogen and oxygen atoms in total. The van der Waals surface area contributed by atoms with Crippen LogP contribution in [0.25, 0.3) is 0 Å². The van der Waals surface area contributed by atoms with E-state index in [1.54, 1.807) is 13.8 Å². The monoisotopic (exact) mass is 216 g/mol. The van der Waals surface area contributed by atoms with Crippen molar-refractivity contribution >= 4 is 22.9 Å². The number of fused-ring (bicyclic) bond motifs is 1. The van der Waals surface area contributed by atoms with E-state index in [9.17, 15) is 18.4 Å². The number of rotatable bonds is 0. The van der Waals surface area contributed by atoms with Crippen LogP contribution in [0.5, 0.6) is 0 Å². The van der Waals surface area contributed by atoms with Crippen molar-refractivity contribution in [3.05, 3.63) is 20.9 Å². The molecule has 2 rings (SSSR count). The van der Waals surface area contributed by atoms with Gasteiger partial charge in [-0.3, -0.25) is 9.59 Å². The lowest BCUT2D eigenvalue weighted by atomic mass is 10.1. The average molecular weight is 216 g/mol. The van der Waals surface area contributed by atoms with Crippen LogP contribution in [0.4, 0.5) is 8.78 Å². The normalized spacial score (nSPS) is 18.9. The summed E-state index contributed by atoms with van der Waals surface area (Å²) in [6.07, 6.45) is 0. The summed E-state index contributed by atoms with van der Waals surface area (Å²) in [5.41, 5.74) is -0.162. The van der Waals surface area contributed by atoms with Crippen LogP contribution >= 0.6 is 11.3 Å². The van der Waals surface area contributed by atoms with Gasteiger partial charge in [-0.1, -0.05) is 0 Å². The molecule has 1 aliphatic rings. The molecular formula is C9H6F2O2S. The molecule has 0 saturated carbocycles. The fourth-order valence-electron chi connectivity index (χ4n) is 1.65. The zero-order valence-electron chi connectivity index (χ0n) is 7.48. The Morgan fingerprint density at radius 2 is 1.36 bits per heavy atom. The second-order valence-electron chi connectivity index (χ2n) is 3.20. The van der Waals surface area contributed by atoms with Crippen LogP contribution in [0.15, 0.2) is 0 Å². The quantitative estimate of drug-likeness (QED) is 0.624. The van der Waals surface area contributed by atoms with Crippen molar-refractivity contribution in [2.24, 2.45) is 0 Å². The minimum atomic E-state index is -3.84. The van der Waals surface area contributed by atoms with Gasteiger partial charge in [-0.05, 0) is 13.8 Å². The Kier molecular flexibility index (Phi) is 1.67. The van der Waals surface area contributed by atoms with Gasteiger partial charge in [0.25, 0.3) is 0 Å². The average Bonchev–Trinajstić information content (AvgIpc) is 2.45. The summed E-state index contributed by atoms with van der Waals surface area (Å²) < 4.78 is 26.0. The third-order valence-electron chi connectivity index (χ3n) is 2.28. The fraction of sp³-hybridized carbons (Fsp3) is 0.333. The Morgan fingerprint density at radius 1 is 1.00 bits per heavy atom. The molecule has 0 fully saturated rings. The number of Topliss-reactive ketones (excluding diaryl/α,β-unsaturated/α-hetero) is 2. The van der Waals surface area contributed by atoms with Gasteiger partial charge in [-0.2, -0.15) is 8.78 Å². The first-order valence-electron chi connectivity index (χ1n) is 3.94. The zero-order valence-corrected chi connectivity index (χ0v) is 8.30. The van der Waals surface area contributed by atoms with Gasteiger partial charge >= 0.3 is 5.92 Å². The van der Waals surface area contributed by atoms with Crippen LogP contribution in [0.3, 0.4) is 0 Å². The van der Waals surface area contributed by atoms with Crippen molar-refractivity contribution in [2.45, 2.75) is 19.8 Å². The van der Waals surface area contributed by atoms with Crippen molar-refractivity contribution in [1.29, 1.82) is 0 Å². The van der Waals surface area contributed by atoms with Gasteiger partial charge in [0.1, 0.15) is 0 Å². The van der Waals surface area contributed by atoms with Crippen LogP contribution in [-0.4, -0.2) is 17.5 Å².